The fraction of sp³-hybridized carbons (Fsp3) is 0.444. The molecule has 10 heteroatoms. The van der Waals surface area contributed by atoms with Gasteiger partial charge in [0.1, 0.15) is 9.90 Å². The minimum atomic E-state index is -3.60. The molecular formula is C18H22ClN3O4S2. The monoisotopic (exact) mass is 443 g/mol. The Hall–Kier alpha value is -1.68. The van der Waals surface area contributed by atoms with E-state index >= 15 is 0 Å². The zero-order valence-corrected chi connectivity index (χ0v) is 18.3. The highest BCUT2D eigenvalue weighted by Gasteiger charge is 2.33. The summed E-state index contributed by atoms with van der Waals surface area (Å²) in [7, 11) is -3.60. The van der Waals surface area contributed by atoms with Gasteiger partial charge in [-0.05, 0) is 38.0 Å². The number of sulfonamides is 1. The predicted octanol–water partition coefficient (Wildman–Crippen LogP) is 2.95. The molecule has 1 N–H and O–H groups in total. The SMILES string of the molecule is CCc1c(C(=O)N2CCN(S(=O)(=O)c3ccc(Cl)s3)CC2)[nH]c(C)c1C(C)=O. The standard InChI is InChI=1S/C18H22ClN3O4S2/c1-4-13-16(12(3)23)11(2)20-17(13)18(24)21-7-9-22(10-8-21)28(25,26)15-6-5-14(19)27-15/h5-6,20H,4,7-10H2,1-3H3. The van der Waals surface area contributed by atoms with Crippen molar-refractivity contribution in [3.05, 3.63) is 39.0 Å². The molecule has 28 heavy (non-hydrogen) atoms. The summed E-state index contributed by atoms with van der Waals surface area (Å²) in [6.07, 6.45) is 0.563. The van der Waals surface area contributed by atoms with Crippen LogP contribution in [-0.2, 0) is 16.4 Å². The minimum Gasteiger partial charge on any atom is -0.354 e. The molecule has 7 nitrogen and oxygen atoms in total. The van der Waals surface area contributed by atoms with Crippen LogP contribution in [0.1, 0.15) is 46.0 Å². The van der Waals surface area contributed by atoms with Crippen LogP contribution in [0.25, 0.3) is 0 Å². The summed E-state index contributed by atoms with van der Waals surface area (Å²) in [5.41, 5.74) is 2.40. The lowest BCUT2D eigenvalue weighted by Gasteiger charge is -2.33. The van der Waals surface area contributed by atoms with Crippen molar-refractivity contribution in [3.8, 4) is 0 Å². The molecule has 1 amide bonds. The number of piperazine rings is 1. The Balaban J connectivity index is 1.76. The molecule has 1 aliphatic heterocycles. The van der Waals surface area contributed by atoms with Crippen molar-refractivity contribution < 1.29 is 18.0 Å². The zero-order valence-electron chi connectivity index (χ0n) is 15.9. The summed E-state index contributed by atoms with van der Waals surface area (Å²) in [6, 6.07) is 3.06. The number of carbonyl (C=O) groups is 2. The quantitative estimate of drug-likeness (QED) is 0.719. The lowest BCUT2D eigenvalue weighted by molar-refractivity contribution is 0.0691. The second kappa shape index (κ2) is 7.98. The van der Waals surface area contributed by atoms with Crippen LogP contribution in [0, 0.1) is 6.92 Å². The van der Waals surface area contributed by atoms with Crippen LogP contribution in [-0.4, -0.2) is 60.5 Å². The summed E-state index contributed by atoms with van der Waals surface area (Å²) in [4.78, 5) is 29.6. The largest absolute Gasteiger partial charge is 0.354 e. The number of ketones is 1. The molecule has 2 aromatic heterocycles. The molecule has 1 fully saturated rings. The Morgan fingerprint density at radius 2 is 1.86 bits per heavy atom. The molecule has 0 atom stereocenters. The van der Waals surface area contributed by atoms with Crippen molar-refractivity contribution in [2.45, 2.75) is 31.4 Å². The third-order valence-corrected chi connectivity index (χ3v) is 8.48. The summed E-state index contributed by atoms with van der Waals surface area (Å²) >= 11 is 6.88. The third kappa shape index (κ3) is 3.76. The molecule has 0 aromatic carbocycles. The van der Waals surface area contributed by atoms with E-state index in [4.69, 9.17) is 11.6 Å². The molecule has 1 saturated heterocycles. The maximum Gasteiger partial charge on any atom is 0.270 e. The first-order chi connectivity index (χ1) is 13.2. The summed E-state index contributed by atoms with van der Waals surface area (Å²) in [6.45, 7) is 6.17. The van der Waals surface area contributed by atoms with Gasteiger partial charge >= 0.3 is 0 Å². The number of Topliss-reactive ketones (excluding diaryl/α,β-unsaturated/α-hetero) is 1. The molecule has 1 aliphatic rings. The van der Waals surface area contributed by atoms with E-state index in [-0.39, 0.29) is 42.1 Å². The highest BCUT2D eigenvalue weighted by Crippen LogP contribution is 2.29. The van der Waals surface area contributed by atoms with Crippen LogP contribution in [0.3, 0.4) is 0 Å². The van der Waals surface area contributed by atoms with Crippen molar-refractivity contribution in [1.29, 1.82) is 0 Å². The number of amides is 1. The molecule has 3 heterocycles. The van der Waals surface area contributed by atoms with Gasteiger partial charge in [0.15, 0.2) is 5.78 Å². The van der Waals surface area contributed by atoms with Gasteiger partial charge in [-0.15, -0.1) is 11.3 Å². The van der Waals surface area contributed by atoms with Crippen LogP contribution in [0.4, 0.5) is 0 Å². The molecule has 0 radical (unpaired) electrons. The Bertz CT molecular complexity index is 1020. The van der Waals surface area contributed by atoms with Gasteiger partial charge in [0.05, 0.1) is 4.34 Å². The number of aromatic amines is 1. The number of halogens is 1. The van der Waals surface area contributed by atoms with Crippen molar-refractivity contribution in [2.24, 2.45) is 0 Å². The van der Waals surface area contributed by atoms with Gasteiger partial charge in [-0.25, -0.2) is 8.42 Å². The van der Waals surface area contributed by atoms with Crippen LogP contribution in [0.5, 0.6) is 0 Å². The molecule has 0 saturated carbocycles. The predicted molar refractivity (Wildman–Crippen MR) is 109 cm³/mol. The Morgan fingerprint density at radius 3 is 2.36 bits per heavy atom. The van der Waals surface area contributed by atoms with Crippen LogP contribution in [0.2, 0.25) is 4.34 Å². The van der Waals surface area contributed by atoms with Crippen LogP contribution >= 0.6 is 22.9 Å². The molecular weight excluding hydrogens is 422 g/mol. The Morgan fingerprint density at radius 1 is 1.21 bits per heavy atom. The second-order valence-electron chi connectivity index (χ2n) is 6.64. The van der Waals surface area contributed by atoms with Gasteiger partial charge in [0, 0.05) is 37.4 Å². The van der Waals surface area contributed by atoms with Crippen LogP contribution in [0.15, 0.2) is 16.3 Å². The van der Waals surface area contributed by atoms with E-state index in [1.807, 2.05) is 6.92 Å². The lowest BCUT2D eigenvalue weighted by Crippen LogP contribution is -2.50. The number of aryl methyl sites for hydroxylation is 1. The smallest absolute Gasteiger partial charge is 0.270 e. The topological polar surface area (TPSA) is 90.6 Å². The van der Waals surface area contributed by atoms with Gasteiger partial charge in [-0.2, -0.15) is 4.31 Å². The van der Waals surface area contributed by atoms with E-state index in [9.17, 15) is 18.0 Å². The summed E-state index contributed by atoms with van der Waals surface area (Å²) in [5, 5.41) is 0. The molecule has 0 bridgehead atoms. The number of nitrogens with zero attached hydrogens (tertiary/aromatic N) is 2. The highest BCUT2D eigenvalue weighted by molar-refractivity contribution is 7.91. The maximum atomic E-state index is 13.0. The van der Waals surface area contributed by atoms with Crippen LogP contribution < -0.4 is 0 Å². The molecule has 0 spiro atoms. The van der Waals surface area contributed by atoms with Gasteiger partial charge in [0.25, 0.3) is 15.9 Å². The molecule has 152 valence electrons. The average Bonchev–Trinajstić information content (AvgIpc) is 3.24. The first-order valence-electron chi connectivity index (χ1n) is 8.94. The van der Waals surface area contributed by atoms with Crippen molar-refractivity contribution in [2.75, 3.05) is 26.2 Å². The lowest BCUT2D eigenvalue weighted by atomic mass is 10.0. The first kappa shape index (κ1) is 21.0. The normalized spacial score (nSPS) is 15.8. The third-order valence-electron chi connectivity index (χ3n) is 4.88. The van der Waals surface area contributed by atoms with E-state index in [1.165, 1.54) is 17.3 Å². The van der Waals surface area contributed by atoms with Gasteiger partial charge in [-0.3, -0.25) is 9.59 Å². The molecule has 2 aromatic rings. The van der Waals surface area contributed by atoms with E-state index in [2.05, 4.69) is 4.98 Å². The number of hydrogen-bond donors (Lipinski definition) is 1. The van der Waals surface area contributed by atoms with E-state index in [1.54, 1.807) is 17.9 Å². The number of hydrogen-bond acceptors (Lipinski definition) is 5. The highest BCUT2D eigenvalue weighted by atomic mass is 35.5. The van der Waals surface area contributed by atoms with Gasteiger partial charge < -0.3 is 9.88 Å². The van der Waals surface area contributed by atoms with Gasteiger partial charge in [-0.1, -0.05) is 18.5 Å². The Kier molecular flexibility index (Phi) is 6.00. The molecule has 3 rings (SSSR count). The van der Waals surface area contributed by atoms with E-state index in [0.29, 0.717) is 27.7 Å². The fourth-order valence-corrected chi connectivity index (χ4v) is 6.60. The number of thiophene rings is 1. The second-order valence-corrected chi connectivity index (χ2v) is 10.5. The molecule has 0 aliphatic carbocycles. The number of carbonyl (C=O) groups excluding carboxylic acids is 2. The molecule has 0 unspecified atom stereocenters. The zero-order chi connectivity index (χ0) is 20.6. The minimum absolute atomic E-state index is 0.0739. The van der Waals surface area contributed by atoms with Crippen molar-refractivity contribution in [1.82, 2.24) is 14.2 Å². The summed E-state index contributed by atoms with van der Waals surface area (Å²) in [5.74, 6) is -0.279. The summed E-state index contributed by atoms with van der Waals surface area (Å²) < 4.78 is 27.4. The number of aromatic nitrogens is 1. The van der Waals surface area contributed by atoms with Crippen molar-refractivity contribution >= 4 is 44.7 Å². The number of H-pyrrole nitrogens is 1. The number of nitrogens with one attached hydrogen (secondary N) is 1. The van der Waals surface area contributed by atoms with Crippen molar-refractivity contribution in [3.63, 3.8) is 0 Å². The van der Waals surface area contributed by atoms with E-state index < -0.39 is 10.0 Å². The fourth-order valence-electron chi connectivity index (χ4n) is 3.54. The number of rotatable bonds is 5. The Labute approximate surface area is 173 Å². The van der Waals surface area contributed by atoms with E-state index in [0.717, 1.165) is 16.9 Å². The average molecular weight is 444 g/mol. The first-order valence-corrected chi connectivity index (χ1v) is 11.6. The van der Waals surface area contributed by atoms with Gasteiger partial charge in [0.2, 0.25) is 0 Å². The maximum absolute atomic E-state index is 13.0.